The predicted molar refractivity (Wildman–Crippen MR) is 88.9 cm³/mol. The summed E-state index contributed by atoms with van der Waals surface area (Å²) in [7, 11) is 0. The standard InChI is InChI=1S/C18H18N2O4/c21-18(16-10-17(16)20(22)23)19-15-8-6-14(7-9-15)12-24-11-13-4-2-1-3-5-13/h1-9,16-17H,10-12H2,(H,19,21)/t16-,17-/m1/s1. The SMILES string of the molecule is O=C(Nc1ccc(COCc2ccccc2)cc1)[C@@H]1C[C@H]1[N+](=O)[O-]. The molecule has 0 saturated heterocycles. The van der Waals surface area contributed by atoms with E-state index in [1.54, 1.807) is 12.1 Å². The lowest BCUT2D eigenvalue weighted by atomic mass is 10.2. The van der Waals surface area contributed by atoms with Gasteiger partial charge in [-0.05, 0) is 23.3 Å². The Morgan fingerprint density at radius 2 is 1.71 bits per heavy atom. The molecule has 1 N–H and O–H groups in total. The number of anilines is 1. The maximum absolute atomic E-state index is 11.9. The zero-order chi connectivity index (χ0) is 16.9. The fourth-order valence-corrected chi connectivity index (χ4v) is 2.48. The maximum Gasteiger partial charge on any atom is 0.234 e. The van der Waals surface area contributed by atoms with Crippen molar-refractivity contribution in [2.45, 2.75) is 25.7 Å². The molecular formula is C18H18N2O4. The molecule has 2 atom stereocenters. The molecule has 2 aromatic rings. The van der Waals surface area contributed by atoms with Crippen LogP contribution in [-0.4, -0.2) is 16.9 Å². The second-order valence-electron chi connectivity index (χ2n) is 5.86. The smallest absolute Gasteiger partial charge is 0.234 e. The van der Waals surface area contributed by atoms with Crippen LogP contribution >= 0.6 is 0 Å². The van der Waals surface area contributed by atoms with Crippen LogP contribution in [0.3, 0.4) is 0 Å². The van der Waals surface area contributed by atoms with Gasteiger partial charge < -0.3 is 10.1 Å². The summed E-state index contributed by atoms with van der Waals surface area (Å²) in [5, 5.41) is 13.3. The van der Waals surface area contributed by atoms with Crippen molar-refractivity contribution < 1.29 is 14.5 Å². The molecule has 0 spiro atoms. The molecule has 124 valence electrons. The van der Waals surface area contributed by atoms with Gasteiger partial charge in [0.05, 0.1) is 13.2 Å². The van der Waals surface area contributed by atoms with Gasteiger partial charge in [0.25, 0.3) is 0 Å². The Kier molecular flexibility index (Phi) is 4.86. The lowest BCUT2D eigenvalue weighted by Gasteiger charge is -2.07. The van der Waals surface area contributed by atoms with Crippen molar-refractivity contribution in [2.24, 2.45) is 5.92 Å². The number of carbonyl (C=O) groups excluding carboxylic acids is 1. The third-order valence-electron chi connectivity index (χ3n) is 3.97. The van der Waals surface area contributed by atoms with E-state index in [2.05, 4.69) is 5.32 Å². The van der Waals surface area contributed by atoms with Gasteiger partial charge in [0.15, 0.2) is 0 Å². The molecule has 24 heavy (non-hydrogen) atoms. The molecule has 1 amide bonds. The van der Waals surface area contributed by atoms with Crippen LogP contribution in [0.2, 0.25) is 0 Å². The average molecular weight is 326 g/mol. The fraction of sp³-hybridized carbons (Fsp3) is 0.278. The number of hydrogen-bond acceptors (Lipinski definition) is 4. The lowest BCUT2D eigenvalue weighted by Crippen LogP contribution is -2.18. The maximum atomic E-state index is 11.9. The van der Waals surface area contributed by atoms with Crippen LogP contribution in [0.5, 0.6) is 0 Å². The minimum atomic E-state index is -0.726. The van der Waals surface area contributed by atoms with Gasteiger partial charge in [0.2, 0.25) is 11.9 Å². The average Bonchev–Trinajstić information content (AvgIpc) is 3.38. The molecule has 0 unspecified atom stereocenters. The Morgan fingerprint density at radius 1 is 1.08 bits per heavy atom. The summed E-state index contributed by atoms with van der Waals surface area (Å²) in [5.41, 5.74) is 2.76. The van der Waals surface area contributed by atoms with E-state index in [4.69, 9.17) is 4.74 Å². The third kappa shape index (κ3) is 4.17. The Hall–Kier alpha value is -2.73. The van der Waals surface area contributed by atoms with Gasteiger partial charge >= 0.3 is 0 Å². The van der Waals surface area contributed by atoms with Crippen LogP contribution in [0.25, 0.3) is 0 Å². The van der Waals surface area contributed by atoms with Crippen LogP contribution in [0.4, 0.5) is 5.69 Å². The second-order valence-corrected chi connectivity index (χ2v) is 5.86. The quantitative estimate of drug-likeness (QED) is 0.626. The van der Waals surface area contributed by atoms with Crippen molar-refractivity contribution in [1.82, 2.24) is 0 Å². The van der Waals surface area contributed by atoms with E-state index >= 15 is 0 Å². The van der Waals surface area contributed by atoms with Crippen molar-refractivity contribution in [3.05, 3.63) is 75.8 Å². The summed E-state index contributed by atoms with van der Waals surface area (Å²) in [6.45, 7) is 1.03. The monoisotopic (exact) mass is 326 g/mol. The van der Waals surface area contributed by atoms with Gasteiger partial charge in [-0.15, -0.1) is 0 Å². The normalized spacial score (nSPS) is 18.8. The minimum Gasteiger partial charge on any atom is -0.372 e. The highest BCUT2D eigenvalue weighted by Crippen LogP contribution is 2.34. The predicted octanol–water partition coefficient (Wildman–Crippen LogP) is 3.01. The molecule has 0 heterocycles. The molecule has 1 aliphatic rings. The van der Waals surface area contributed by atoms with Gasteiger partial charge in [0.1, 0.15) is 5.92 Å². The van der Waals surface area contributed by atoms with Crippen LogP contribution in [-0.2, 0) is 22.7 Å². The van der Waals surface area contributed by atoms with Crippen molar-refractivity contribution in [2.75, 3.05) is 5.32 Å². The topological polar surface area (TPSA) is 81.5 Å². The number of carbonyl (C=O) groups is 1. The molecule has 3 rings (SSSR count). The molecule has 1 aliphatic carbocycles. The van der Waals surface area contributed by atoms with E-state index in [0.29, 0.717) is 25.3 Å². The molecule has 6 nitrogen and oxygen atoms in total. The first-order chi connectivity index (χ1) is 11.6. The minimum absolute atomic E-state index is 0.287. The van der Waals surface area contributed by atoms with Crippen molar-refractivity contribution in [3.63, 3.8) is 0 Å². The number of benzene rings is 2. The number of ether oxygens (including phenoxy) is 1. The van der Waals surface area contributed by atoms with E-state index in [-0.39, 0.29) is 5.91 Å². The van der Waals surface area contributed by atoms with E-state index < -0.39 is 16.9 Å². The van der Waals surface area contributed by atoms with Crippen molar-refractivity contribution in [1.29, 1.82) is 0 Å². The summed E-state index contributed by atoms with van der Waals surface area (Å²) in [6.07, 6.45) is 0.324. The van der Waals surface area contributed by atoms with E-state index in [0.717, 1.165) is 11.1 Å². The van der Waals surface area contributed by atoms with Crippen LogP contribution < -0.4 is 5.32 Å². The Bertz CT molecular complexity index is 716. The summed E-state index contributed by atoms with van der Waals surface area (Å²) in [4.78, 5) is 22.1. The zero-order valence-corrected chi connectivity index (χ0v) is 13.1. The van der Waals surface area contributed by atoms with Gasteiger partial charge in [0, 0.05) is 17.0 Å². The number of hydrogen-bond donors (Lipinski definition) is 1. The van der Waals surface area contributed by atoms with E-state index in [1.165, 1.54) is 0 Å². The molecule has 1 saturated carbocycles. The Morgan fingerprint density at radius 3 is 2.29 bits per heavy atom. The summed E-state index contributed by atoms with van der Waals surface area (Å²) in [5.74, 6) is -0.793. The summed E-state index contributed by atoms with van der Waals surface area (Å²) >= 11 is 0. The number of nitro groups is 1. The molecule has 1 fully saturated rings. The number of amides is 1. The van der Waals surface area contributed by atoms with Crippen LogP contribution in [0.15, 0.2) is 54.6 Å². The molecule has 0 aromatic heterocycles. The number of rotatable bonds is 7. The first-order valence-electron chi connectivity index (χ1n) is 7.78. The summed E-state index contributed by atoms with van der Waals surface area (Å²) in [6, 6.07) is 16.5. The Balaban J connectivity index is 1.45. The van der Waals surface area contributed by atoms with Crippen LogP contribution in [0.1, 0.15) is 17.5 Å². The highest BCUT2D eigenvalue weighted by Gasteiger charge is 2.53. The highest BCUT2D eigenvalue weighted by atomic mass is 16.6. The van der Waals surface area contributed by atoms with E-state index in [9.17, 15) is 14.9 Å². The second kappa shape index (κ2) is 7.23. The van der Waals surface area contributed by atoms with Gasteiger partial charge in [-0.1, -0.05) is 42.5 Å². The molecule has 0 bridgehead atoms. The highest BCUT2D eigenvalue weighted by molar-refractivity contribution is 5.94. The lowest BCUT2D eigenvalue weighted by molar-refractivity contribution is -0.497. The molecule has 0 radical (unpaired) electrons. The fourth-order valence-electron chi connectivity index (χ4n) is 2.48. The zero-order valence-electron chi connectivity index (χ0n) is 13.1. The number of nitrogens with one attached hydrogen (secondary N) is 1. The summed E-state index contributed by atoms with van der Waals surface area (Å²) < 4.78 is 5.65. The van der Waals surface area contributed by atoms with Crippen LogP contribution in [0, 0.1) is 16.0 Å². The largest absolute Gasteiger partial charge is 0.372 e. The number of nitrogens with zero attached hydrogens (tertiary/aromatic N) is 1. The van der Waals surface area contributed by atoms with Crippen molar-refractivity contribution in [3.8, 4) is 0 Å². The molecular weight excluding hydrogens is 308 g/mol. The van der Waals surface area contributed by atoms with Gasteiger partial charge in [-0.3, -0.25) is 14.9 Å². The molecule has 2 aromatic carbocycles. The van der Waals surface area contributed by atoms with Gasteiger partial charge in [-0.25, -0.2) is 0 Å². The van der Waals surface area contributed by atoms with Crippen molar-refractivity contribution >= 4 is 11.6 Å². The third-order valence-corrected chi connectivity index (χ3v) is 3.97. The first-order valence-corrected chi connectivity index (χ1v) is 7.78. The van der Waals surface area contributed by atoms with E-state index in [1.807, 2.05) is 42.5 Å². The Labute approximate surface area is 139 Å². The molecule has 6 heteroatoms. The molecule has 0 aliphatic heterocycles. The van der Waals surface area contributed by atoms with Gasteiger partial charge in [-0.2, -0.15) is 0 Å². The first kappa shape index (κ1) is 16.1.